The van der Waals surface area contributed by atoms with Crippen molar-refractivity contribution in [3.8, 4) is 0 Å². The fourth-order valence-corrected chi connectivity index (χ4v) is 2.37. The molecule has 0 fully saturated rings. The number of hydrogen-bond acceptors (Lipinski definition) is 5. The Morgan fingerprint density at radius 1 is 1.50 bits per heavy atom. The van der Waals surface area contributed by atoms with Gasteiger partial charge in [-0.15, -0.1) is 0 Å². The van der Waals surface area contributed by atoms with Crippen molar-refractivity contribution in [1.29, 1.82) is 0 Å². The second kappa shape index (κ2) is 7.42. The lowest BCUT2D eigenvalue weighted by molar-refractivity contribution is 0.162. The molecule has 7 nitrogen and oxygen atoms in total. The van der Waals surface area contributed by atoms with Crippen molar-refractivity contribution >= 4 is 15.9 Å². The Morgan fingerprint density at radius 3 is 2.56 bits per heavy atom. The van der Waals surface area contributed by atoms with Gasteiger partial charge in [0.15, 0.2) is 5.84 Å². The van der Waals surface area contributed by atoms with Gasteiger partial charge in [0.1, 0.15) is 0 Å². The number of sulfonamides is 1. The van der Waals surface area contributed by atoms with E-state index in [2.05, 4.69) is 5.16 Å². The van der Waals surface area contributed by atoms with E-state index in [1.165, 1.54) is 0 Å². The summed E-state index contributed by atoms with van der Waals surface area (Å²) in [4.78, 5) is 0. The molecule has 96 valence electrons. The molecule has 0 aromatic carbocycles. The van der Waals surface area contributed by atoms with Crippen molar-refractivity contribution in [3.63, 3.8) is 0 Å². The molecule has 8 heteroatoms. The second-order valence-corrected chi connectivity index (χ2v) is 5.12. The summed E-state index contributed by atoms with van der Waals surface area (Å²) in [6, 6.07) is 0. The number of ether oxygens (including phenoxy) is 1. The highest BCUT2D eigenvalue weighted by atomic mass is 32.2. The van der Waals surface area contributed by atoms with Gasteiger partial charge < -0.3 is 15.7 Å². The molecule has 0 amide bonds. The van der Waals surface area contributed by atoms with Gasteiger partial charge in [-0.1, -0.05) is 12.1 Å². The van der Waals surface area contributed by atoms with E-state index in [1.54, 1.807) is 13.8 Å². The van der Waals surface area contributed by atoms with E-state index in [9.17, 15) is 8.42 Å². The number of nitrogens with zero attached hydrogens (tertiary/aromatic N) is 2. The summed E-state index contributed by atoms with van der Waals surface area (Å²) in [5.41, 5.74) is 5.26. The SMILES string of the molecule is CCOCCS(=O)(=O)N(CC)CC(N)=NO. The maximum Gasteiger partial charge on any atom is 0.216 e. The molecular formula is C8H19N3O4S. The Morgan fingerprint density at radius 2 is 2.12 bits per heavy atom. The number of amidine groups is 1. The molecule has 0 heterocycles. The monoisotopic (exact) mass is 253 g/mol. The summed E-state index contributed by atoms with van der Waals surface area (Å²) in [5, 5.41) is 11.1. The summed E-state index contributed by atoms with van der Waals surface area (Å²) in [6.45, 7) is 4.25. The molecule has 0 aliphatic rings. The van der Waals surface area contributed by atoms with Crippen LogP contribution in [0.4, 0.5) is 0 Å². The molecule has 0 bridgehead atoms. The Balaban J connectivity index is 4.43. The highest BCUT2D eigenvalue weighted by molar-refractivity contribution is 7.89. The van der Waals surface area contributed by atoms with Crippen LogP contribution in [-0.2, 0) is 14.8 Å². The highest BCUT2D eigenvalue weighted by Crippen LogP contribution is 2.01. The van der Waals surface area contributed by atoms with Crippen LogP contribution in [0.5, 0.6) is 0 Å². The van der Waals surface area contributed by atoms with Gasteiger partial charge in [-0.2, -0.15) is 4.31 Å². The normalized spacial score (nSPS) is 13.3. The van der Waals surface area contributed by atoms with Crippen LogP contribution in [0.25, 0.3) is 0 Å². The van der Waals surface area contributed by atoms with Crippen LogP contribution in [-0.4, -0.2) is 55.8 Å². The zero-order valence-corrected chi connectivity index (χ0v) is 10.4. The molecule has 0 aliphatic heterocycles. The Labute approximate surface area is 95.9 Å². The highest BCUT2D eigenvalue weighted by Gasteiger charge is 2.21. The van der Waals surface area contributed by atoms with Crippen molar-refractivity contribution in [2.45, 2.75) is 13.8 Å². The number of rotatable bonds is 8. The van der Waals surface area contributed by atoms with Crippen LogP contribution in [0.3, 0.4) is 0 Å². The Bertz CT molecular complexity index is 315. The van der Waals surface area contributed by atoms with Gasteiger partial charge in [-0.25, -0.2) is 8.42 Å². The van der Waals surface area contributed by atoms with Crippen molar-refractivity contribution in [1.82, 2.24) is 4.31 Å². The summed E-state index contributed by atoms with van der Waals surface area (Å²) in [7, 11) is -3.41. The largest absolute Gasteiger partial charge is 0.409 e. The van der Waals surface area contributed by atoms with Crippen molar-refractivity contribution < 1.29 is 18.4 Å². The standard InChI is InChI=1S/C8H19N3O4S/c1-3-11(7-8(9)10-12)16(13,14)6-5-15-4-2/h12H,3-7H2,1-2H3,(H2,9,10). The van der Waals surface area contributed by atoms with Gasteiger partial charge in [0.25, 0.3) is 0 Å². The van der Waals surface area contributed by atoms with Crippen molar-refractivity contribution in [3.05, 3.63) is 0 Å². The average Bonchev–Trinajstić information content (AvgIpc) is 2.25. The minimum absolute atomic E-state index is 0.104. The van der Waals surface area contributed by atoms with Crippen LogP contribution in [0, 0.1) is 0 Å². The smallest absolute Gasteiger partial charge is 0.216 e. The van der Waals surface area contributed by atoms with E-state index in [-0.39, 0.29) is 31.3 Å². The predicted molar refractivity (Wildman–Crippen MR) is 60.9 cm³/mol. The quantitative estimate of drug-likeness (QED) is 0.198. The molecule has 0 saturated heterocycles. The molecular weight excluding hydrogens is 234 g/mol. The zero-order valence-electron chi connectivity index (χ0n) is 9.59. The van der Waals surface area contributed by atoms with Crippen molar-refractivity contribution in [2.24, 2.45) is 10.9 Å². The van der Waals surface area contributed by atoms with Gasteiger partial charge >= 0.3 is 0 Å². The minimum atomic E-state index is -3.41. The van der Waals surface area contributed by atoms with Gasteiger partial charge in [0.05, 0.1) is 18.9 Å². The van der Waals surface area contributed by atoms with E-state index in [1.807, 2.05) is 0 Å². The summed E-state index contributed by atoms with van der Waals surface area (Å²) >= 11 is 0. The molecule has 16 heavy (non-hydrogen) atoms. The predicted octanol–water partition coefficient (Wildman–Crippen LogP) is -0.579. The molecule has 0 aromatic heterocycles. The van der Waals surface area contributed by atoms with E-state index in [4.69, 9.17) is 15.7 Å². The number of likely N-dealkylation sites (N-methyl/N-ethyl adjacent to an activating group) is 1. The molecule has 0 aromatic rings. The van der Waals surface area contributed by atoms with Gasteiger partial charge in [-0.3, -0.25) is 0 Å². The lowest BCUT2D eigenvalue weighted by Crippen LogP contribution is -2.40. The number of hydrogen-bond donors (Lipinski definition) is 2. The molecule has 0 spiro atoms. The van der Waals surface area contributed by atoms with Crippen LogP contribution >= 0.6 is 0 Å². The fraction of sp³-hybridized carbons (Fsp3) is 0.875. The van der Waals surface area contributed by atoms with E-state index in [0.29, 0.717) is 6.61 Å². The fourth-order valence-electron chi connectivity index (χ4n) is 1.06. The van der Waals surface area contributed by atoms with E-state index in [0.717, 1.165) is 4.31 Å². The topological polar surface area (TPSA) is 105 Å². The lowest BCUT2D eigenvalue weighted by Gasteiger charge is -2.19. The molecule has 0 atom stereocenters. The molecule has 0 saturated carbocycles. The van der Waals surface area contributed by atoms with Gasteiger partial charge in [0.2, 0.25) is 10.0 Å². The summed E-state index contributed by atoms with van der Waals surface area (Å²) in [6.07, 6.45) is 0. The maximum absolute atomic E-state index is 11.7. The molecule has 3 N–H and O–H groups in total. The molecule has 0 rings (SSSR count). The number of oxime groups is 1. The lowest BCUT2D eigenvalue weighted by atomic mass is 10.6. The third-order valence-corrected chi connectivity index (χ3v) is 3.76. The van der Waals surface area contributed by atoms with Crippen LogP contribution < -0.4 is 5.73 Å². The average molecular weight is 253 g/mol. The first kappa shape index (κ1) is 15.1. The Hall–Kier alpha value is -0.860. The zero-order chi connectivity index (χ0) is 12.6. The first-order valence-electron chi connectivity index (χ1n) is 4.99. The minimum Gasteiger partial charge on any atom is -0.409 e. The third kappa shape index (κ3) is 5.29. The molecule has 0 aliphatic carbocycles. The molecule has 0 unspecified atom stereocenters. The second-order valence-electron chi connectivity index (χ2n) is 3.03. The van der Waals surface area contributed by atoms with Crippen LogP contribution in [0.15, 0.2) is 5.16 Å². The van der Waals surface area contributed by atoms with Crippen LogP contribution in [0.1, 0.15) is 13.8 Å². The Kier molecular flexibility index (Phi) is 7.02. The van der Waals surface area contributed by atoms with E-state index < -0.39 is 10.0 Å². The van der Waals surface area contributed by atoms with Gasteiger partial charge in [0, 0.05) is 13.2 Å². The first-order chi connectivity index (χ1) is 7.47. The molecule has 0 radical (unpaired) electrons. The third-order valence-electron chi connectivity index (χ3n) is 1.90. The van der Waals surface area contributed by atoms with Crippen molar-refractivity contribution in [2.75, 3.05) is 32.1 Å². The first-order valence-corrected chi connectivity index (χ1v) is 6.60. The number of nitrogens with two attached hydrogens (primary N) is 1. The van der Waals surface area contributed by atoms with E-state index >= 15 is 0 Å². The van der Waals surface area contributed by atoms with Gasteiger partial charge in [-0.05, 0) is 6.92 Å². The maximum atomic E-state index is 11.7. The summed E-state index contributed by atoms with van der Waals surface area (Å²) in [5.74, 6) is -0.241. The summed E-state index contributed by atoms with van der Waals surface area (Å²) < 4.78 is 29.6. The van der Waals surface area contributed by atoms with Crippen LogP contribution in [0.2, 0.25) is 0 Å².